The number of ether oxygens (including phenoxy) is 2. The Balaban J connectivity index is 1.62. The third kappa shape index (κ3) is 5.55. The Kier molecular flexibility index (Phi) is 7.77. The van der Waals surface area contributed by atoms with E-state index in [2.05, 4.69) is 21.0 Å². The van der Waals surface area contributed by atoms with Crippen LogP contribution in [0.25, 0.3) is 10.9 Å². The Morgan fingerprint density at radius 1 is 1.21 bits per heavy atom. The minimum atomic E-state index is -0.695. The molecule has 4 rings (SSSR count). The molecule has 1 fully saturated rings. The smallest absolute Gasteiger partial charge is 0.347 e. The Bertz CT molecular complexity index is 1250. The summed E-state index contributed by atoms with van der Waals surface area (Å²) in [6, 6.07) is 12.7. The van der Waals surface area contributed by atoms with E-state index in [1.165, 1.54) is 11.1 Å². The summed E-state index contributed by atoms with van der Waals surface area (Å²) in [5.41, 5.74) is 1.32. The molecule has 0 aliphatic heterocycles. The summed E-state index contributed by atoms with van der Waals surface area (Å²) < 4.78 is 12.9. The van der Waals surface area contributed by atoms with Crippen LogP contribution in [-0.4, -0.2) is 34.6 Å². The van der Waals surface area contributed by atoms with E-state index in [9.17, 15) is 9.59 Å². The fourth-order valence-electron chi connectivity index (χ4n) is 4.17. The predicted octanol–water partition coefficient (Wildman–Crippen LogP) is 5.42. The molecule has 3 aromatic rings. The highest BCUT2D eigenvalue weighted by Crippen LogP contribution is 2.32. The number of esters is 1. The van der Waals surface area contributed by atoms with E-state index in [1.54, 1.807) is 38.3 Å². The van der Waals surface area contributed by atoms with Gasteiger partial charge in [-0.15, -0.1) is 0 Å². The van der Waals surface area contributed by atoms with Crippen molar-refractivity contribution >= 4 is 39.0 Å². The zero-order chi connectivity index (χ0) is 24.1. The number of nitrogens with zero attached hydrogens (tertiary/aromatic N) is 3. The fraction of sp³-hybridized carbons (Fsp3) is 0.385. The number of carbonyl (C=O) groups is 1. The summed E-state index contributed by atoms with van der Waals surface area (Å²) in [5, 5.41) is 5.09. The molecule has 0 unspecified atom stereocenters. The number of hydrogen-bond acceptors (Lipinski definition) is 6. The molecule has 7 nitrogen and oxygen atoms in total. The standard InChI is InChI=1S/C26H28BrN3O4/c1-3-33-26(32)17(2)34-21-12-9-18(10-13-21)16-28-30-24(19-7-5-4-6-8-19)29-23-14-11-20(27)15-22(23)25(30)31/h9-17,19H,3-8H2,1-2H3/t17-/m0/s1. The molecule has 0 bridgehead atoms. The number of fused-ring (bicyclic) bond motifs is 1. The van der Waals surface area contributed by atoms with Gasteiger partial charge in [0.25, 0.3) is 5.56 Å². The van der Waals surface area contributed by atoms with Gasteiger partial charge in [0, 0.05) is 10.4 Å². The predicted molar refractivity (Wildman–Crippen MR) is 136 cm³/mol. The summed E-state index contributed by atoms with van der Waals surface area (Å²) in [6.45, 7) is 3.72. The molecule has 34 heavy (non-hydrogen) atoms. The van der Waals surface area contributed by atoms with Crippen LogP contribution in [0, 0.1) is 0 Å². The average Bonchev–Trinajstić information content (AvgIpc) is 2.85. The van der Waals surface area contributed by atoms with E-state index in [-0.39, 0.29) is 11.5 Å². The van der Waals surface area contributed by atoms with Gasteiger partial charge in [-0.1, -0.05) is 35.2 Å². The summed E-state index contributed by atoms with van der Waals surface area (Å²) in [4.78, 5) is 30.0. The van der Waals surface area contributed by atoms with Gasteiger partial charge in [0.15, 0.2) is 6.10 Å². The molecule has 0 saturated heterocycles. The van der Waals surface area contributed by atoms with Gasteiger partial charge in [-0.25, -0.2) is 9.78 Å². The topological polar surface area (TPSA) is 82.8 Å². The number of rotatable bonds is 7. The first-order valence-corrected chi connectivity index (χ1v) is 12.5. The first-order valence-electron chi connectivity index (χ1n) is 11.7. The van der Waals surface area contributed by atoms with Gasteiger partial charge in [0.1, 0.15) is 11.6 Å². The van der Waals surface area contributed by atoms with E-state index in [1.807, 2.05) is 24.3 Å². The highest BCUT2D eigenvalue weighted by molar-refractivity contribution is 9.10. The van der Waals surface area contributed by atoms with Crippen LogP contribution in [0.5, 0.6) is 5.75 Å². The van der Waals surface area contributed by atoms with Crippen molar-refractivity contribution in [2.45, 2.75) is 58.0 Å². The minimum Gasteiger partial charge on any atom is -0.479 e. The number of carbonyl (C=O) groups excluding carboxylic acids is 1. The Morgan fingerprint density at radius 3 is 2.65 bits per heavy atom. The van der Waals surface area contributed by atoms with Gasteiger partial charge in [-0.3, -0.25) is 4.79 Å². The first-order chi connectivity index (χ1) is 16.5. The van der Waals surface area contributed by atoms with Crippen molar-refractivity contribution in [2.75, 3.05) is 6.61 Å². The Hall–Kier alpha value is -3.00. The molecule has 0 spiro atoms. The van der Waals surface area contributed by atoms with Crippen molar-refractivity contribution in [3.63, 3.8) is 0 Å². The third-order valence-electron chi connectivity index (χ3n) is 5.94. The highest BCUT2D eigenvalue weighted by Gasteiger charge is 2.22. The fourth-order valence-corrected chi connectivity index (χ4v) is 4.53. The average molecular weight is 526 g/mol. The maximum Gasteiger partial charge on any atom is 0.347 e. The molecule has 178 valence electrons. The lowest BCUT2D eigenvalue weighted by atomic mass is 9.88. The van der Waals surface area contributed by atoms with Crippen LogP contribution >= 0.6 is 15.9 Å². The van der Waals surface area contributed by atoms with Crippen molar-refractivity contribution < 1.29 is 14.3 Å². The molecule has 1 aliphatic rings. The van der Waals surface area contributed by atoms with Gasteiger partial charge in [0.2, 0.25) is 0 Å². The maximum absolute atomic E-state index is 13.4. The summed E-state index contributed by atoms with van der Waals surface area (Å²) >= 11 is 3.45. The quantitative estimate of drug-likeness (QED) is 0.303. The number of halogens is 1. The monoisotopic (exact) mass is 525 g/mol. The van der Waals surface area contributed by atoms with Crippen LogP contribution in [0.1, 0.15) is 63.3 Å². The second-order valence-corrected chi connectivity index (χ2v) is 9.32. The highest BCUT2D eigenvalue weighted by atomic mass is 79.9. The summed E-state index contributed by atoms with van der Waals surface area (Å²) in [7, 11) is 0. The Morgan fingerprint density at radius 2 is 1.94 bits per heavy atom. The van der Waals surface area contributed by atoms with Crippen molar-refractivity contribution in [2.24, 2.45) is 5.10 Å². The lowest BCUT2D eigenvalue weighted by Crippen LogP contribution is -2.26. The van der Waals surface area contributed by atoms with E-state index in [4.69, 9.17) is 14.5 Å². The SMILES string of the molecule is CCOC(=O)[C@H](C)Oc1ccc(C=Nn2c(C3CCCCC3)nc3ccc(Br)cc3c2=O)cc1. The number of hydrogen-bond donors (Lipinski definition) is 0. The molecule has 2 aromatic carbocycles. The van der Waals surface area contributed by atoms with Crippen molar-refractivity contribution in [3.8, 4) is 5.75 Å². The molecule has 1 aromatic heterocycles. The van der Waals surface area contributed by atoms with E-state index in [0.717, 1.165) is 41.5 Å². The van der Waals surface area contributed by atoms with Gasteiger partial charge in [0.05, 0.1) is 23.7 Å². The van der Waals surface area contributed by atoms with Crippen molar-refractivity contribution in [3.05, 3.63) is 68.7 Å². The molecule has 0 N–H and O–H groups in total. The van der Waals surface area contributed by atoms with E-state index < -0.39 is 12.1 Å². The van der Waals surface area contributed by atoms with Crippen LogP contribution in [0.2, 0.25) is 0 Å². The molecule has 1 heterocycles. The molecule has 0 amide bonds. The maximum atomic E-state index is 13.4. The van der Waals surface area contributed by atoms with E-state index in [0.29, 0.717) is 23.3 Å². The molecular weight excluding hydrogens is 498 g/mol. The Labute approximate surface area is 206 Å². The first kappa shape index (κ1) is 24.1. The van der Waals surface area contributed by atoms with Crippen LogP contribution in [0.4, 0.5) is 0 Å². The summed E-state index contributed by atoms with van der Waals surface area (Å²) in [5.74, 6) is 1.08. The largest absolute Gasteiger partial charge is 0.479 e. The van der Waals surface area contributed by atoms with Crippen LogP contribution in [0.3, 0.4) is 0 Å². The van der Waals surface area contributed by atoms with Crippen molar-refractivity contribution in [1.82, 2.24) is 9.66 Å². The zero-order valence-electron chi connectivity index (χ0n) is 19.4. The molecule has 8 heteroatoms. The molecular formula is C26H28BrN3O4. The molecule has 1 aliphatic carbocycles. The van der Waals surface area contributed by atoms with E-state index >= 15 is 0 Å². The molecule has 1 saturated carbocycles. The van der Waals surface area contributed by atoms with Crippen LogP contribution in [-0.2, 0) is 9.53 Å². The van der Waals surface area contributed by atoms with Gasteiger partial charge in [-0.05, 0) is 74.7 Å². The lowest BCUT2D eigenvalue weighted by Gasteiger charge is -2.22. The normalized spacial score (nSPS) is 15.5. The second kappa shape index (κ2) is 11.0. The zero-order valence-corrected chi connectivity index (χ0v) is 21.0. The van der Waals surface area contributed by atoms with Gasteiger partial charge >= 0.3 is 5.97 Å². The summed E-state index contributed by atoms with van der Waals surface area (Å²) in [6.07, 6.45) is 6.46. The third-order valence-corrected chi connectivity index (χ3v) is 6.43. The minimum absolute atomic E-state index is 0.175. The van der Waals surface area contributed by atoms with Gasteiger partial charge in [-0.2, -0.15) is 9.78 Å². The second-order valence-electron chi connectivity index (χ2n) is 8.41. The van der Waals surface area contributed by atoms with Gasteiger partial charge < -0.3 is 9.47 Å². The van der Waals surface area contributed by atoms with Crippen molar-refractivity contribution in [1.29, 1.82) is 0 Å². The number of benzene rings is 2. The molecule has 1 atom stereocenters. The molecule has 0 radical (unpaired) electrons. The van der Waals surface area contributed by atoms with Crippen LogP contribution in [0.15, 0.2) is 56.8 Å². The van der Waals surface area contributed by atoms with Crippen LogP contribution < -0.4 is 10.3 Å². The lowest BCUT2D eigenvalue weighted by molar-refractivity contribution is -0.150. The number of aromatic nitrogens is 2.